The van der Waals surface area contributed by atoms with Gasteiger partial charge in [-0.15, -0.1) is 12.8 Å². The summed E-state index contributed by atoms with van der Waals surface area (Å²) in [5, 5.41) is 3.26. The van der Waals surface area contributed by atoms with Crippen LogP contribution in [0.1, 0.15) is 36.7 Å². The largest absolute Gasteiger partial charge is 0.496 e. The van der Waals surface area contributed by atoms with Gasteiger partial charge in [0.2, 0.25) is 0 Å². The van der Waals surface area contributed by atoms with Crippen LogP contribution in [-0.2, 0) is 11.3 Å². The summed E-state index contributed by atoms with van der Waals surface area (Å²) in [6.45, 7) is 9.77. The van der Waals surface area contributed by atoms with E-state index in [2.05, 4.69) is 33.0 Å². The molecule has 4 rings (SSSR count). The maximum Gasteiger partial charge on any atom is 0.256 e. The molecule has 0 saturated carbocycles. The fraction of sp³-hybridized carbons (Fsp3) is 0.265. The standard InChI is InChI=1S/C32H38N6O2.C2H2/c1-5-27(30(6-2)40-4)23(3)20-35-31-10-8-26(21-36-31)25-7-9-29(33)28(19-25)32(39)38-17-15-37(16-18-38)22-24-11-13-34-14-12-24;1-2/h5-14,19-21H,15-18,22,33H2,1-4H3,(H,35,36);1-2H/b23-20+,27-5-,30-6+;. The third-order valence-electron chi connectivity index (χ3n) is 7.09. The van der Waals surface area contributed by atoms with E-state index in [1.807, 2.05) is 92.8 Å². The van der Waals surface area contributed by atoms with Crippen LogP contribution in [0.4, 0.5) is 11.5 Å². The highest BCUT2D eigenvalue weighted by Crippen LogP contribution is 2.26. The Morgan fingerprint density at radius 1 is 1.02 bits per heavy atom. The van der Waals surface area contributed by atoms with Crippen molar-refractivity contribution < 1.29 is 9.53 Å². The number of hydrogen-bond donors (Lipinski definition) is 2. The Morgan fingerprint density at radius 2 is 1.71 bits per heavy atom. The van der Waals surface area contributed by atoms with Crippen LogP contribution in [0.3, 0.4) is 0 Å². The number of allylic oxidation sites excluding steroid dienone is 3. The highest BCUT2D eigenvalue weighted by Gasteiger charge is 2.24. The van der Waals surface area contributed by atoms with Crippen molar-refractivity contribution >= 4 is 17.4 Å². The number of methoxy groups -OCH3 is 1. The number of carbonyl (C=O) groups is 1. The number of benzene rings is 1. The Balaban J connectivity index is 0.00000237. The molecule has 218 valence electrons. The number of hydrogen-bond acceptors (Lipinski definition) is 7. The molecule has 8 heteroatoms. The predicted molar refractivity (Wildman–Crippen MR) is 171 cm³/mol. The van der Waals surface area contributed by atoms with Gasteiger partial charge >= 0.3 is 0 Å². The van der Waals surface area contributed by atoms with Gasteiger partial charge < -0.3 is 20.7 Å². The second kappa shape index (κ2) is 15.8. The van der Waals surface area contributed by atoms with Gasteiger partial charge in [0.25, 0.3) is 5.91 Å². The second-order valence-electron chi connectivity index (χ2n) is 9.69. The first-order valence-electron chi connectivity index (χ1n) is 13.8. The number of nitrogens with one attached hydrogen (secondary N) is 1. The summed E-state index contributed by atoms with van der Waals surface area (Å²) in [4.78, 5) is 26.3. The van der Waals surface area contributed by atoms with Crippen LogP contribution in [0, 0.1) is 12.8 Å². The topological polar surface area (TPSA) is 96.6 Å². The molecule has 1 aliphatic rings. The molecule has 0 atom stereocenters. The number of piperazine rings is 1. The summed E-state index contributed by atoms with van der Waals surface area (Å²) in [6.07, 6.45) is 19.3. The first kappa shape index (κ1) is 31.7. The highest BCUT2D eigenvalue weighted by atomic mass is 16.5. The van der Waals surface area contributed by atoms with Gasteiger partial charge in [-0.05, 0) is 79.9 Å². The SMILES string of the molecule is C#C.C/C=C(C(/C)=C/Nc1ccc(-c2ccc(N)c(C(=O)N3CCN(Cc4ccncc4)CC3)c2)cn1)\C(=C/C)OC. The second-order valence-corrected chi connectivity index (χ2v) is 9.69. The van der Waals surface area contributed by atoms with Crippen LogP contribution < -0.4 is 11.1 Å². The predicted octanol–water partition coefficient (Wildman–Crippen LogP) is 5.75. The first-order chi connectivity index (χ1) is 20.4. The molecule has 0 bridgehead atoms. The number of nitrogen functional groups attached to an aromatic ring is 1. The molecular formula is C34H40N6O2. The minimum absolute atomic E-state index is 0.0360. The molecule has 0 aliphatic carbocycles. The highest BCUT2D eigenvalue weighted by molar-refractivity contribution is 6.00. The van der Waals surface area contributed by atoms with Crippen molar-refractivity contribution in [3.05, 3.63) is 107 Å². The van der Waals surface area contributed by atoms with E-state index < -0.39 is 0 Å². The van der Waals surface area contributed by atoms with E-state index in [0.717, 1.165) is 53.5 Å². The summed E-state index contributed by atoms with van der Waals surface area (Å²) in [5.41, 5.74) is 12.3. The zero-order chi connectivity index (χ0) is 30.5. The number of aromatic nitrogens is 2. The molecule has 1 amide bonds. The lowest BCUT2D eigenvalue weighted by Crippen LogP contribution is -2.48. The fourth-order valence-electron chi connectivity index (χ4n) is 4.80. The smallest absolute Gasteiger partial charge is 0.256 e. The minimum atomic E-state index is -0.0360. The number of pyridine rings is 2. The van der Waals surface area contributed by atoms with Gasteiger partial charge in [-0.1, -0.05) is 12.1 Å². The molecular weight excluding hydrogens is 524 g/mol. The van der Waals surface area contributed by atoms with Gasteiger partial charge in [0.15, 0.2) is 0 Å². The maximum atomic E-state index is 13.4. The van der Waals surface area contributed by atoms with Crippen molar-refractivity contribution in [2.45, 2.75) is 27.3 Å². The van der Waals surface area contributed by atoms with E-state index >= 15 is 0 Å². The monoisotopic (exact) mass is 564 g/mol. The third-order valence-corrected chi connectivity index (χ3v) is 7.09. The number of amides is 1. The van der Waals surface area contributed by atoms with E-state index in [9.17, 15) is 4.79 Å². The fourth-order valence-corrected chi connectivity index (χ4v) is 4.80. The normalized spacial score (nSPS) is 14.5. The molecule has 1 aliphatic heterocycles. The molecule has 1 fully saturated rings. The van der Waals surface area contributed by atoms with Gasteiger partial charge in [-0.25, -0.2) is 4.98 Å². The van der Waals surface area contributed by atoms with Crippen molar-refractivity contribution in [1.29, 1.82) is 0 Å². The van der Waals surface area contributed by atoms with Crippen molar-refractivity contribution in [1.82, 2.24) is 19.8 Å². The molecule has 2 aromatic heterocycles. The van der Waals surface area contributed by atoms with Crippen LogP contribution in [0.5, 0.6) is 0 Å². The minimum Gasteiger partial charge on any atom is -0.496 e. The van der Waals surface area contributed by atoms with Crippen LogP contribution in [-0.4, -0.2) is 59.0 Å². The van der Waals surface area contributed by atoms with Crippen molar-refractivity contribution in [2.24, 2.45) is 0 Å². The number of nitrogens with two attached hydrogens (primary N) is 1. The van der Waals surface area contributed by atoms with Crippen LogP contribution in [0.2, 0.25) is 0 Å². The number of terminal acetylenes is 1. The molecule has 0 spiro atoms. The lowest BCUT2D eigenvalue weighted by atomic mass is 10.0. The lowest BCUT2D eigenvalue weighted by molar-refractivity contribution is 0.0629. The molecule has 3 heterocycles. The van der Waals surface area contributed by atoms with E-state index in [1.165, 1.54) is 5.56 Å². The molecule has 3 N–H and O–H groups in total. The number of nitrogens with zero attached hydrogens (tertiary/aromatic N) is 4. The molecule has 8 nitrogen and oxygen atoms in total. The maximum absolute atomic E-state index is 13.4. The van der Waals surface area contributed by atoms with Gasteiger partial charge in [0, 0.05) is 74.3 Å². The molecule has 0 unspecified atom stereocenters. The van der Waals surface area contributed by atoms with Gasteiger partial charge in [-0.3, -0.25) is 14.7 Å². The Hall–Kier alpha value is -4.87. The van der Waals surface area contributed by atoms with E-state index in [1.54, 1.807) is 19.4 Å². The van der Waals surface area contributed by atoms with Gasteiger partial charge in [-0.2, -0.15) is 0 Å². The van der Waals surface area contributed by atoms with Crippen LogP contribution in [0.15, 0.2) is 96.3 Å². The number of anilines is 2. The van der Waals surface area contributed by atoms with Crippen molar-refractivity contribution in [3.8, 4) is 24.0 Å². The Morgan fingerprint density at radius 3 is 2.31 bits per heavy atom. The van der Waals surface area contributed by atoms with Crippen molar-refractivity contribution in [2.75, 3.05) is 44.3 Å². The Labute approximate surface area is 249 Å². The van der Waals surface area contributed by atoms with Gasteiger partial charge in [0.1, 0.15) is 11.6 Å². The summed E-state index contributed by atoms with van der Waals surface area (Å²) in [7, 11) is 1.67. The Bertz CT molecular complexity index is 1430. The van der Waals surface area contributed by atoms with Gasteiger partial charge in [0.05, 0.1) is 12.7 Å². The molecule has 1 aromatic carbocycles. The average Bonchev–Trinajstić information content (AvgIpc) is 3.04. The molecule has 42 heavy (non-hydrogen) atoms. The molecule has 1 saturated heterocycles. The first-order valence-corrected chi connectivity index (χ1v) is 13.8. The summed E-state index contributed by atoms with van der Waals surface area (Å²) in [6, 6.07) is 13.6. The van der Waals surface area contributed by atoms with E-state index in [4.69, 9.17) is 10.5 Å². The Kier molecular flexibility index (Phi) is 11.9. The average molecular weight is 565 g/mol. The zero-order valence-corrected chi connectivity index (χ0v) is 24.9. The number of carbonyl (C=O) groups excluding carboxylic acids is 1. The van der Waals surface area contributed by atoms with E-state index in [-0.39, 0.29) is 5.91 Å². The summed E-state index contributed by atoms with van der Waals surface area (Å²) < 4.78 is 5.46. The molecule has 3 aromatic rings. The van der Waals surface area contributed by atoms with Crippen LogP contribution >= 0.6 is 0 Å². The summed E-state index contributed by atoms with van der Waals surface area (Å²) in [5.74, 6) is 1.50. The number of rotatable bonds is 9. The van der Waals surface area contributed by atoms with E-state index in [0.29, 0.717) is 24.3 Å². The molecule has 0 radical (unpaired) electrons. The summed E-state index contributed by atoms with van der Waals surface area (Å²) >= 11 is 0. The third kappa shape index (κ3) is 8.09. The van der Waals surface area contributed by atoms with Crippen LogP contribution in [0.25, 0.3) is 11.1 Å². The van der Waals surface area contributed by atoms with Crippen molar-refractivity contribution in [3.63, 3.8) is 0 Å². The zero-order valence-electron chi connectivity index (χ0n) is 24.9. The quantitative estimate of drug-likeness (QED) is 0.148. The number of ether oxygens (including phenoxy) is 1. The lowest BCUT2D eigenvalue weighted by Gasteiger charge is -2.35.